The molecule has 0 radical (unpaired) electrons. The third kappa shape index (κ3) is 5.31. The molecule has 0 spiro atoms. The molecular formula is C18H24N2O. The van der Waals surface area contributed by atoms with E-state index in [0.29, 0.717) is 12.8 Å². The van der Waals surface area contributed by atoms with Crippen LogP contribution in [0.25, 0.3) is 0 Å². The van der Waals surface area contributed by atoms with Gasteiger partial charge in [0.05, 0.1) is 6.10 Å². The third-order valence-electron chi connectivity index (χ3n) is 3.69. The summed E-state index contributed by atoms with van der Waals surface area (Å²) in [6.45, 7) is 0. The molecule has 0 saturated heterocycles. The van der Waals surface area contributed by atoms with E-state index in [0.717, 1.165) is 12.0 Å². The van der Waals surface area contributed by atoms with E-state index in [9.17, 15) is 5.11 Å². The van der Waals surface area contributed by atoms with Gasteiger partial charge in [0.25, 0.3) is 0 Å². The van der Waals surface area contributed by atoms with E-state index >= 15 is 0 Å². The van der Waals surface area contributed by atoms with Gasteiger partial charge in [-0.3, -0.25) is 0 Å². The van der Waals surface area contributed by atoms with Crippen LogP contribution in [-0.2, 0) is 12.8 Å². The second-order valence-corrected chi connectivity index (χ2v) is 5.61. The average molecular weight is 284 g/mol. The van der Waals surface area contributed by atoms with Crippen LogP contribution in [0.1, 0.15) is 17.5 Å². The summed E-state index contributed by atoms with van der Waals surface area (Å²) in [4.78, 5) is 0. The minimum atomic E-state index is -0.580. The summed E-state index contributed by atoms with van der Waals surface area (Å²) >= 11 is 0. The van der Waals surface area contributed by atoms with Crippen LogP contribution in [0.5, 0.6) is 0 Å². The van der Waals surface area contributed by atoms with Crippen molar-refractivity contribution < 1.29 is 5.11 Å². The zero-order valence-electron chi connectivity index (χ0n) is 12.2. The average Bonchev–Trinajstić information content (AvgIpc) is 2.49. The van der Waals surface area contributed by atoms with Crippen molar-refractivity contribution >= 4 is 0 Å². The van der Waals surface area contributed by atoms with E-state index in [-0.39, 0.29) is 12.1 Å². The van der Waals surface area contributed by atoms with Gasteiger partial charge in [-0.1, -0.05) is 60.7 Å². The zero-order chi connectivity index (χ0) is 15.1. The first-order valence-corrected chi connectivity index (χ1v) is 7.42. The zero-order valence-corrected chi connectivity index (χ0v) is 12.2. The number of aliphatic hydroxyl groups excluding tert-OH is 1. The highest BCUT2D eigenvalue weighted by Crippen LogP contribution is 2.10. The SMILES string of the molecule is NC(Cc1ccccc1)C[C@H](O)C(N)Cc1ccccc1. The molecule has 0 amide bonds. The van der Waals surface area contributed by atoms with Crippen LogP contribution in [0, 0.1) is 0 Å². The predicted octanol–water partition coefficient (Wildman–Crippen LogP) is 1.88. The fourth-order valence-corrected chi connectivity index (χ4v) is 2.51. The lowest BCUT2D eigenvalue weighted by Crippen LogP contribution is -2.41. The molecule has 112 valence electrons. The Morgan fingerprint density at radius 1 is 0.762 bits per heavy atom. The maximum atomic E-state index is 10.2. The first kappa shape index (κ1) is 15.7. The summed E-state index contributed by atoms with van der Waals surface area (Å²) in [5.74, 6) is 0. The van der Waals surface area contributed by atoms with E-state index in [2.05, 4.69) is 12.1 Å². The van der Waals surface area contributed by atoms with E-state index in [1.807, 2.05) is 48.5 Å². The van der Waals surface area contributed by atoms with E-state index < -0.39 is 6.10 Å². The molecule has 2 unspecified atom stereocenters. The molecule has 3 heteroatoms. The van der Waals surface area contributed by atoms with E-state index in [1.165, 1.54) is 5.56 Å². The van der Waals surface area contributed by atoms with Crippen molar-refractivity contribution in [2.24, 2.45) is 11.5 Å². The van der Waals surface area contributed by atoms with Gasteiger partial charge in [-0.05, 0) is 30.4 Å². The van der Waals surface area contributed by atoms with Gasteiger partial charge in [0.1, 0.15) is 0 Å². The molecule has 0 aromatic heterocycles. The topological polar surface area (TPSA) is 72.3 Å². The normalized spacial score (nSPS) is 15.4. The van der Waals surface area contributed by atoms with Crippen LogP contribution >= 0.6 is 0 Å². The number of rotatable bonds is 7. The highest BCUT2D eigenvalue weighted by atomic mass is 16.3. The van der Waals surface area contributed by atoms with Crippen molar-refractivity contribution in [2.75, 3.05) is 0 Å². The molecule has 2 aromatic carbocycles. The molecule has 0 heterocycles. The molecule has 5 N–H and O–H groups in total. The van der Waals surface area contributed by atoms with Crippen molar-refractivity contribution in [2.45, 2.75) is 37.5 Å². The molecule has 0 aliphatic heterocycles. The van der Waals surface area contributed by atoms with Crippen LogP contribution in [0.3, 0.4) is 0 Å². The van der Waals surface area contributed by atoms with Crippen LogP contribution in [0.4, 0.5) is 0 Å². The number of nitrogens with two attached hydrogens (primary N) is 2. The van der Waals surface area contributed by atoms with Crippen molar-refractivity contribution in [1.82, 2.24) is 0 Å². The molecule has 0 saturated carbocycles. The van der Waals surface area contributed by atoms with Gasteiger partial charge < -0.3 is 16.6 Å². The highest BCUT2D eigenvalue weighted by molar-refractivity contribution is 5.17. The lowest BCUT2D eigenvalue weighted by atomic mass is 9.95. The van der Waals surface area contributed by atoms with Gasteiger partial charge in [-0.25, -0.2) is 0 Å². The fourth-order valence-electron chi connectivity index (χ4n) is 2.51. The van der Waals surface area contributed by atoms with E-state index in [4.69, 9.17) is 11.5 Å². The first-order valence-electron chi connectivity index (χ1n) is 7.42. The summed E-state index contributed by atoms with van der Waals surface area (Å²) in [7, 11) is 0. The van der Waals surface area contributed by atoms with E-state index in [1.54, 1.807) is 0 Å². The fraction of sp³-hybridized carbons (Fsp3) is 0.333. The van der Waals surface area contributed by atoms with Crippen molar-refractivity contribution in [3.8, 4) is 0 Å². The van der Waals surface area contributed by atoms with Crippen LogP contribution in [0.2, 0.25) is 0 Å². The van der Waals surface area contributed by atoms with Gasteiger partial charge in [0.2, 0.25) is 0 Å². The lowest BCUT2D eigenvalue weighted by molar-refractivity contribution is 0.126. The molecular weight excluding hydrogens is 260 g/mol. The minimum Gasteiger partial charge on any atom is -0.391 e. The smallest absolute Gasteiger partial charge is 0.0709 e. The Morgan fingerprint density at radius 3 is 1.76 bits per heavy atom. The monoisotopic (exact) mass is 284 g/mol. The third-order valence-corrected chi connectivity index (χ3v) is 3.69. The first-order chi connectivity index (χ1) is 10.1. The summed E-state index contributed by atoms with van der Waals surface area (Å²) in [5, 5.41) is 10.2. The molecule has 0 fully saturated rings. The summed E-state index contributed by atoms with van der Waals surface area (Å²) < 4.78 is 0. The van der Waals surface area contributed by atoms with Gasteiger partial charge in [-0.2, -0.15) is 0 Å². The second-order valence-electron chi connectivity index (χ2n) is 5.61. The van der Waals surface area contributed by atoms with Gasteiger partial charge in [0, 0.05) is 12.1 Å². The summed E-state index contributed by atoms with van der Waals surface area (Å²) in [6.07, 6.45) is 1.36. The summed E-state index contributed by atoms with van der Waals surface area (Å²) in [5.41, 5.74) is 14.5. The largest absolute Gasteiger partial charge is 0.391 e. The predicted molar refractivity (Wildman–Crippen MR) is 86.9 cm³/mol. The molecule has 3 nitrogen and oxygen atoms in total. The molecule has 0 aliphatic carbocycles. The Bertz CT molecular complexity index is 515. The lowest BCUT2D eigenvalue weighted by Gasteiger charge is -2.22. The maximum Gasteiger partial charge on any atom is 0.0709 e. The molecule has 2 rings (SSSR count). The van der Waals surface area contributed by atoms with Gasteiger partial charge >= 0.3 is 0 Å². The molecule has 2 aromatic rings. The summed E-state index contributed by atoms with van der Waals surface area (Å²) in [6, 6.07) is 19.7. The number of hydrogen-bond acceptors (Lipinski definition) is 3. The second kappa shape index (κ2) is 7.93. The Labute approximate surface area is 126 Å². The molecule has 0 bridgehead atoms. The maximum absolute atomic E-state index is 10.2. The molecule has 3 atom stereocenters. The molecule has 0 aliphatic rings. The standard InChI is InChI=1S/C18H24N2O/c19-16(11-14-7-3-1-4-8-14)13-18(21)17(20)12-15-9-5-2-6-10-15/h1-10,16-18,21H,11-13,19-20H2/t16?,17?,18-/m0/s1. The Balaban J connectivity index is 1.81. The van der Waals surface area contributed by atoms with Crippen molar-refractivity contribution in [3.63, 3.8) is 0 Å². The number of aliphatic hydroxyl groups is 1. The van der Waals surface area contributed by atoms with Crippen LogP contribution < -0.4 is 11.5 Å². The Kier molecular flexibility index (Phi) is 5.93. The van der Waals surface area contributed by atoms with Crippen LogP contribution in [0.15, 0.2) is 60.7 Å². The minimum absolute atomic E-state index is 0.0794. The van der Waals surface area contributed by atoms with Gasteiger partial charge in [0.15, 0.2) is 0 Å². The Morgan fingerprint density at radius 2 is 1.24 bits per heavy atom. The number of hydrogen-bond donors (Lipinski definition) is 3. The van der Waals surface area contributed by atoms with Crippen LogP contribution in [-0.4, -0.2) is 23.3 Å². The molecule has 21 heavy (non-hydrogen) atoms. The Hall–Kier alpha value is -1.68. The van der Waals surface area contributed by atoms with Gasteiger partial charge in [-0.15, -0.1) is 0 Å². The van der Waals surface area contributed by atoms with Crippen molar-refractivity contribution in [3.05, 3.63) is 71.8 Å². The van der Waals surface area contributed by atoms with Crippen molar-refractivity contribution in [1.29, 1.82) is 0 Å². The highest BCUT2D eigenvalue weighted by Gasteiger charge is 2.18. The number of benzene rings is 2. The quantitative estimate of drug-likeness (QED) is 0.727.